The van der Waals surface area contributed by atoms with Gasteiger partial charge in [-0.1, -0.05) is 13.0 Å². The Morgan fingerprint density at radius 3 is 2.68 bits per heavy atom. The van der Waals surface area contributed by atoms with E-state index in [-0.39, 0.29) is 35.9 Å². The smallest absolute Gasteiger partial charge is 0.303 e. The molecule has 19 heavy (non-hydrogen) atoms. The molecule has 0 aliphatic carbocycles. The normalized spacial score (nSPS) is 11.7. The number of carboxylic acids is 1. The fourth-order valence-electron chi connectivity index (χ4n) is 1.60. The fraction of sp³-hybridized carbons (Fsp3) is 0.385. The first kappa shape index (κ1) is 14.8. The van der Waals surface area contributed by atoms with Crippen molar-refractivity contribution in [1.29, 1.82) is 0 Å². The molecule has 0 radical (unpaired) electrons. The second-order valence-electron chi connectivity index (χ2n) is 4.27. The maximum absolute atomic E-state index is 11.8. The van der Waals surface area contributed by atoms with Crippen molar-refractivity contribution in [2.24, 2.45) is 5.92 Å². The highest BCUT2D eigenvalue weighted by molar-refractivity contribution is 5.97. The van der Waals surface area contributed by atoms with Crippen LogP contribution in [-0.2, 0) is 4.79 Å². The summed E-state index contributed by atoms with van der Waals surface area (Å²) in [5.41, 5.74) is 0.0990. The highest BCUT2D eigenvalue weighted by atomic mass is 16.5. The Labute approximate surface area is 111 Å². The molecule has 0 saturated carbocycles. The fourth-order valence-corrected chi connectivity index (χ4v) is 1.60. The maximum Gasteiger partial charge on any atom is 0.303 e. The van der Waals surface area contributed by atoms with Crippen molar-refractivity contribution in [2.75, 3.05) is 13.7 Å². The Morgan fingerprint density at radius 2 is 2.11 bits per heavy atom. The van der Waals surface area contributed by atoms with Crippen LogP contribution < -0.4 is 10.1 Å². The number of nitrogens with one attached hydrogen (secondary N) is 1. The topological polar surface area (TPSA) is 95.9 Å². The summed E-state index contributed by atoms with van der Waals surface area (Å²) < 4.78 is 4.91. The van der Waals surface area contributed by atoms with Crippen molar-refractivity contribution in [3.05, 3.63) is 23.8 Å². The minimum absolute atomic E-state index is 0.0234. The van der Waals surface area contributed by atoms with Gasteiger partial charge in [-0.25, -0.2) is 0 Å². The molecule has 0 aromatic heterocycles. The first-order chi connectivity index (χ1) is 8.95. The van der Waals surface area contributed by atoms with E-state index in [9.17, 15) is 14.7 Å². The number of carboxylic acid groups (broad SMARTS) is 1. The molecule has 0 spiro atoms. The monoisotopic (exact) mass is 267 g/mol. The summed E-state index contributed by atoms with van der Waals surface area (Å²) in [6.07, 6.45) is -0.0234. The van der Waals surface area contributed by atoms with Crippen LogP contribution in [0.2, 0.25) is 0 Å². The van der Waals surface area contributed by atoms with Gasteiger partial charge in [0, 0.05) is 13.0 Å². The molecule has 0 aliphatic rings. The van der Waals surface area contributed by atoms with E-state index in [1.807, 2.05) is 0 Å². The molecule has 1 aromatic carbocycles. The molecule has 6 nitrogen and oxygen atoms in total. The second-order valence-corrected chi connectivity index (χ2v) is 4.27. The average molecular weight is 267 g/mol. The van der Waals surface area contributed by atoms with Crippen molar-refractivity contribution in [3.63, 3.8) is 0 Å². The Hall–Kier alpha value is -2.24. The van der Waals surface area contributed by atoms with Crippen molar-refractivity contribution in [3.8, 4) is 11.5 Å². The first-order valence-electron chi connectivity index (χ1n) is 5.81. The molecule has 0 bridgehead atoms. The summed E-state index contributed by atoms with van der Waals surface area (Å²) in [4.78, 5) is 22.3. The Balaban J connectivity index is 2.66. The van der Waals surface area contributed by atoms with Gasteiger partial charge in [-0.15, -0.1) is 0 Å². The van der Waals surface area contributed by atoms with E-state index in [0.717, 1.165) is 0 Å². The number of benzene rings is 1. The number of phenols is 1. The minimum Gasteiger partial charge on any atom is -0.504 e. The molecular formula is C13H17NO5. The zero-order valence-electron chi connectivity index (χ0n) is 10.8. The molecule has 3 N–H and O–H groups in total. The van der Waals surface area contributed by atoms with Crippen molar-refractivity contribution < 1.29 is 24.5 Å². The van der Waals surface area contributed by atoms with E-state index >= 15 is 0 Å². The molecule has 1 atom stereocenters. The molecule has 0 fully saturated rings. The standard InChI is InChI=1S/C13H17NO5/c1-8(6-11(15)16)7-14-13(18)9-4-3-5-10(19-2)12(9)17/h3-5,8,17H,6-7H2,1-2H3,(H,14,18)(H,15,16). The highest BCUT2D eigenvalue weighted by Crippen LogP contribution is 2.29. The lowest BCUT2D eigenvalue weighted by Gasteiger charge is -2.12. The molecule has 0 aliphatic heterocycles. The van der Waals surface area contributed by atoms with Gasteiger partial charge in [0.25, 0.3) is 5.91 Å². The van der Waals surface area contributed by atoms with E-state index in [2.05, 4.69) is 5.32 Å². The predicted octanol–water partition coefficient (Wildman–Crippen LogP) is 1.24. The number of phenolic OH excluding ortho intramolecular Hbond substituents is 1. The first-order valence-corrected chi connectivity index (χ1v) is 5.81. The van der Waals surface area contributed by atoms with Gasteiger partial charge in [0.1, 0.15) is 0 Å². The van der Waals surface area contributed by atoms with E-state index in [1.54, 1.807) is 19.1 Å². The number of aliphatic carboxylic acids is 1. The summed E-state index contributed by atoms with van der Waals surface area (Å²) in [5, 5.41) is 21.0. The van der Waals surface area contributed by atoms with Crippen LogP contribution in [0.3, 0.4) is 0 Å². The van der Waals surface area contributed by atoms with Gasteiger partial charge in [-0.3, -0.25) is 9.59 Å². The molecule has 0 heterocycles. The zero-order valence-corrected chi connectivity index (χ0v) is 10.8. The molecule has 1 unspecified atom stereocenters. The Kier molecular flexibility index (Phi) is 5.17. The van der Waals surface area contributed by atoms with Gasteiger partial charge >= 0.3 is 5.97 Å². The lowest BCUT2D eigenvalue weighted by Crippen LogP contribution is -2.29. The molecular weight excluding hydrogens is 250 g/mol. The van der Waals surface area contributed by atoms with Gasteiger partial charge in [0.2, 0.25) is 0 Å². The van der Waals surface area contributed by atoms with Crippen LogP contribution >= 0.6 is 0 Å². The molecule has 1 rings (SSSR count). The number of ether oxygens (including phenoxy) is 1. The zero-order chi connectivity index (χ0) is 14.4. The number of amides is 1. The van der Waals surface area contributed by atoms with Crippen LogP contribution in [0.5, 0.6) is 11.5 Å². The van der Waals surface area contributed by atoms with Gasteiger partial charge in [0.05, 0.1) is 12.7 Å². The SMILES string of the molecule is COc1cccc(C(=O)NCC(C)CC(=O)O)c1O. The lowest BCUT2D eigenvalue weighted by molar-refractivity contribution is -0.137. The van der Waals surface area contributed by atoms with Gasteiger partial charge in [-0.2, -0.15) is 0 Å². The lowest BCUT2D eigenvalue weighted by atomic mass is 10.1. The number of methoxy groups -OCH3 is 1. The van der Waals surface area contributed by atoms with Crippen molar-refractivity contribution in [2.45, 2.75) is 13.3 Å². The summed E-state index contributed by atoms with van der Waals surface area (Å²) in [6, 6.07) is 4.60. The summed E-state index contributed by atoms with van der Waals surface area (Å²) in [7, 11) is 1.39. The number of aromatic hydroxyl groups is 1. The maximum atomic E-state index is 11.8. The van der Waals surface area contributed by atoms with Crippen LogP contribution in [-0.4, -0.2) is 35.7 Å². The summed E-state index contributed by atoms with van der Waals surface area (Å²) in [5.74, 6) is -1.58. The van der Waals surface area contributed by atoms with E-state index in [0.29, 0.717) is 0 Å². The van der Waals surface area contributed by atoms with E-state index in [4.69, 9.17) is 9.84 Å². The number of hydrogen-bond acceptors (Lipinski definition) is 4. The minimum atomic E-state index is -0.911. The van der Waals surface area contributed by atoms with Crippen molar-refractivity contribution >= 4 is 11.9 Å². The summed E-state index contributed by atoms with van der Waals surface area (Å²) in [6.45, 7) is 1.95. The van der Waals surface area contributed by atoms with E-state index < -0.39 is 11.9 Å². The van der Waals surface area contributed by atoms with Crippen LogP contribution in [0.15, 0.2) is 18.2 Å². The summed E-state index contributed by atoms with van der Waals surface area (Å²) >= 11 is 0. The van der Waals surface area contributed by atoms with Crippen molar-refractivity contribution in [1.82, 2.24) is 5.32 Å². The third-order valence-electron chi connectivity index (χ3n) is 2.60. The molecule has 1 aromatic rings. The van der Waals surface area contributed by atoms with Gasteiger partial charge in [0.15, 0.2) is 11.5 Å². The van der Waals surface area contributed by atoms with Crippen LogP contribution in [0.25, 0.3) is 0 Å². The Bertz CT molecular complexity index is 472. The third-order valence-corrected chi connectivity index (χ3v) is 2.60. The van der Waals surface area contributed by atoms with Gasteiger partial charge in [-0.05, 0) is 18.1 Å². The number of carbonyl (C=O) groups excluding carboxylic acids is 1. The number of carbonyl (C=O) groups is 2. The van der Waals surface area contributed by atoms with Crippen LogP contribution in [0.4, 0.5) is 0 Å². The molecule has 1 amide bonds. The average Bonchev–Trinajstić information content (AvgIpc) is 2.35. The van der Waals surface area contributed by atoms with Crippen LogP contribution in [0.1, 0.15) is 23.7 Å². The second kappa shape index (κ2) is 6.63. The largest absolute Gasteiger partial charge is 0.504 e. The highest BCUT2D eigenvalue weighted by Gasteiger charge is 2.16. The molecule has 0 saturated heterocycles. The number of hydrogen-bond donors (Lipinski definition) is 3. The Morgan fingerprint density at radius 1 is 1.42 bits per heavy atom. The molecule has 104 valence electrons. The molecule has 6 heteroatoms. The number of para-hydroxylation sites is 1. The predicted molar refractivity (Wildman–Crippen MR) is 68.4 cm³/mol. The number of rotatable bonds is 6. The van der Waals surface area contributed by atoms with Gasteiger partial charge < -0.3 is 20.3 Å². The quantitative estimate of drug-likeness (QED) is 0.720. The van der Waals surface area contributed by atoms with Crippen LogP contribution in [0, 0.1) is 5.92 Å². The third kappa shape index (κ3) is 4.17. The van der Waals surface area contributed by atoms with E-state index in [1.165, 1.54) is 13.2 Å².